The number of para-hydroxylation sites is 1. The van der Waals surface area contributed by atoms with E-state index in [1.165, 1.54) is 10.2 Å². The first-order valence-electron chi connectivity index (χ1n) is 4.00. The van der Waals surface area contributed by atoms with Crippen molar-refractivity contribution in [3.63, 3.8) is 0 Å². The molecule has 0 bridgehead atoms. The minimum absolute atomic E-state index is 1.04. The maximum Gasteiger partial charge on any atom is 0.1000 e. The molecule has 3 rings (SSSR count). The Hall–Kier alpha value is -1.55. The number of aromatic nitrogens is 3. The first-order valence-corrected chi connectivity index (χ1v) is 4.81. The van der Waals surface area contributed by atoms with E-state index in [0.717, 1.165) is 5.52 Å². The fraction of sp³-hybridized carbons (Fsp3) is 0. The lowest BCUT2D eigenvalue weighted by molar-refractivity contribution is 1.16. The van der Waals surface area contributed by atoms with Gasteiger partial charge in [-0.1, -0.05) is 17.6 Å². The summed E-state index contributed by atoms with van der Waals surface area (Å²) in [6, 6.07) is 6.13. The predicted molar refractivity (Wildman–Crippen MR) is 53.7 cm³/mol. The molecule has 3 aromatic rings. The molecule has 2 aromatic heterocycles. The fourth-order valence-corrected chi connectivity index (χ4v) is 2.17. The largest absolute Gasteiger partial charge is 0.316 e. The second kappa shape index (κ2) is 2.47. The van der Waals surface area contributed by atoms with Gasteiger partial charge in [0.2, 0.25) is 0 Å². The van der Waals surface area contributed by atoms with Gasteiger partial charge in [0, 0.05) is 12.4 Å². The zero-order valence-corrected chi connectivity index (χ0v) is 7.58. The Labute approximate surface area is 78.5 Å². The van der Waals surface area contributed by atoms with Crippen molar-refractivity contribution >= 4 is 27.3 Å². The van der Waals surface area contributed by atoms with Crippen LogP contribution in [0.4, 0.5) is 0 Å². The van der Waals surface area contributed by atoms with E-state index in [9.17, 15) is 0 Å². The molecule has 0 saturated heterocycles. The van der Waals surface area contributed by atoms with Crippen LogP contribution in [0.15, 0.2) is 36.9 Å². The first-order chi connectivity index (χ1) is 6.45. The van der Waals surface area contributed by atoms with E-state index in [1.807, 2.05) is 35.3 Å². The van der Waals surface area contributed by atoms with Crippen molar-refractivity contribution in [2.24, 2.45) is 0 Å². The first kappa shape index (κ1) is 6.91. The summed E-state index contributed by atoms with van der Waals surface area (Å²) in [6.45, 7) is 0. The third-order valence-corrected chi connectivity index (χ3v) is 2.83. The number of benzene rings is 1. The van der Waals surface area contributed by atoms with Gasteiger partial charge in [-0.2, -0.15) is 0 Å². The highest BCUT2D eigenvalue weighted by Gasteiger charge is 2.00. The normalized spacial score (nSPS) is 11.1. The number of nitrogens with one attached hydrogen (secondary N) is 1. The van der Waals surface area contributed by atoms with Crippen LogP contribution in [0.3, 0.4) is 0 Å². The molecule has 0 atom stereocenters. The molecule has 3 nitrogen and oxygen atoms in total. The fourth-order valence-electron chi connectivity index (χ4n) is 1.46. The van der Waals surface area contributed by atoms with Crippen LogP contribution in [-0.2, 0) is 0 Å². The molecular formula is C9H7N3S. The smallest absolute Gasteiger partial charge is 0.1000 e. The van der Waals surface area contributed by atoms with Crippen molar-refractivity contribution in [1.29, 1.82) is 0 Å². The lowest BCUT2D eigenvalue weighted by Crippen LogP contribution is -1.74. The molecule has 0 aliphatic heterocycles. The second-order valence-corrected chi connectivity index (χ2v) is 3.69. The van der Waals surface area contributed by atoms with E-state index in [0.29, 0.717) is 0 Å². The molecule has 1 aromatic carbocycles. The zero-order chi connectivity index (χ0) is 8.67. The van der Waals surface area contributed by atoms with Crippen molar-refractivity contribution in [3.05, 3.63) is 36.9 Å². The molecule has 0 spiro atoms. The highest BCUT2D eigenvalue weighted by Crippen LogP contribution is 2.19. The van der Waals surface area contributed by atoms with Gasteiger partial charge in [-0.3, -0.25) is 0 Å². The number of hydrogen-bond donors (Lipinski definition) is 1. The number of rotatable bonds is 0. The number of H-pyrrole nitrogens is 1. The molecule has 64 valence electrons. The third-order valence-electron chi connectivity index (χ3n) is 2.03. The van der Waals surface area contributed by atoms with Gasteiger partial charge >= 0.3 is 0 Å². The quantitative estimate of drug-likeness (QED) is 0.579. The summed E-state index contributed by atoms with van der Waals surface area (Å²) >= 11 is 1.61. The average molecular weight is 189 g/mol. The van der Waals surface area contributed by atoms with Crippen molar-refractivity contribution in [2.75, 3.05) is 0 Å². The van der Waals surface area contributed by atoms with Crippen LogP contribution in [0.25, 0.3) is 15.7 Å². The Morgan fingerprint density at radius 1 is 1.38 bits per heavy atom. The maximum atomic E-state index is 4.30. The molecule has 0 aliphatic carbocycles. The number of nitrogens with zero attached hydrogens (tertiary/aromatic N) is 2. The Balaban J connectivity index is 2.75. The number of imidazole rings is 1. The topological polar surface area (TPSA) is 33.1 Å². The van der Waals surface area contributed by atoms with Gasteiger partial charge in [-0.05, 0) is 12.1 Å². The Bertz CT molecular complexity index is 573. The van der Waals surface area contributed by atoms with Crippen LogP contribution in [0.5, 0.6) is 0 Å². The Morgan fingerprint density at radius 3 is 3.38 bits per heavy atom. The number of hydrogen-bond acceptors (Lipinski definition) is 2. The van der Waals surface area contributed by atoms with Crippen molar-refractivity contribution in [3.8, 4) is 0 Å². The lowest BCUT2D eigenvalue weighted by Gasteiger charge is -1.90. The van der Waals surface area contributed by atoms with Crippen LogP contribution in [0.1, 0.15) is 0 Å². The van der Waals surface area contributed by atoms with E-state index >= 15 is 0 Å². The van der Waals surface area contributed by atoms with Crippen LogP contribution >= 0.6 is 11.5 Å². The van der Waals surface area contributed by atoms with Crippen molar-refractivity contribution in [2.45, 2.75) is 0 Å². The van der Waals surface area contributed by atoms with Crippen LogP contribution in [0.2, 0.25) is 0 Å². The summed E-state index contributed by atoms with van der Waals surface area (Å²) in [7, 11) is 0. The molecular weight excluding hydrogens is 182 g/mol. The minimum Gasteiger partial charge on any atom is -0.316 e. The average Bonchev–Trinajstić information content (AvgIpc) is 2.44. The molecule has 4 heteroatoms. The van der Waals surface area contributed by atoms with Gasteiger partial charge in [-0.25, -0.2) is 4.98 Å². The molecule has 0 radical (unpaired) electrons. The van der Waals surface area contributed by atoms with Crippen LogP contribution in [0, 0.1) is 0 Å². The maximum absolute atomic E-state index is 4.30. The van der Waals surface area contributed by atoms with Gasteiger partial charge in [-0.15, -0.1) is 0 Å². The van der Waals surface area contributed by atoms with Gasteiger partial charge < -0.3 is 8.77 Å². The van der Waals surface area contributed by atoms with Gasteiger partial charge in [0.05, 0.1) is 22.1 Å². The molecule has 1 N–H and O–H groups in total. The summed E-state index contributed by atoms with van der Waals surface area (Å²) in [4.78, 5) is 4.30. The minimum atomic E-state index is 1.04. The predicted octanol–water partition coefficient (Wildman–Crippen LogP) is 2.44. The van der Waals surface area contributed by atoms with Gasteiger partial charge in [0.15, 0.2) is 0 Å². The molecule has 0 aliphatic rings. The van der Waals surface area contributed by atoms with E-state index in [1.54, 1.807) is 11.5 Å². The monoisotopic (exact) mass is 189 g/mol. The molecule has 2 heterocycles. The molecule has 0 saturated carbocycles. The summed E-state index contributed by atoms with van der Waals surface area (Å²) < 4.78 is 6.36. The van der Waals surface area contributed by atoms with Crippen LogP contribution in [-0.4, -0.2) is 13.8 Å². The highest BCUT2D eigenvalue weighted by molar-refractivity contribution is 7.12. The number of aromatic amines is 1. The molecule has 0 unspecified atom stereocenters. The molecule has 0 fully saturated rings. The van der Waals surface area contributed by atoms with Gasteiger partial charge in [0.1, 0.15) is 0 Å². The van der Waals surface area contributed by atoms with Crippen LogP contribution < -0.4 is 0 Å². The van der Waals surface area contributed by atoms with E-state index in [4.69, 9.17) is 0 Å². The second-order valence-electron chi connectivity index (χ2n) is 2.81. The van der Waals surface area contributed by atoms with Gasteiger partial charge in [0.25, 0.3) is 0 Å². The van der Waals surface area contributed by atoms with E-state index in [2.05, 4.69) is 15.4 Å². The SMILES string of the molecule is c1cc2ncn3cc[nH]sc(c1)c23. The Morgan fingerprint density at radius 2 is 2.38 bits per heavy atom. The summed E-state index contributed by atoms with van der Waals surface area (Å²) in [5, 5.41) is 0. The van der Waals surface area contributed by atoms with E-state index < -0.39 is 0 Å². The summed E-state index contributed by atoms with van der Waals surface area (Å²) in [6.07, 6.45) is 5.71. The lowest BCUT2D eigenvalue weighted by atomic mass is 10.3. The summed E-state index contributed by atoms with van der Waals surface area (Å²) in [5.41, 5.74) is 2.21. The Kier molecular flexibility index (Phi) is 1.31. The van der Waals surface area contributed by atoms with Crippen molar-refractivity contribution < 1.29 is 0 Å². The standard InChI is InChI=1S/C9H7N3S/c1-2-7-9-8(3-1)13-11-4-5-12(9)6-10-7/h1-6,11H. The molecule has 13 heavy (non-hydrogen) atoms. The van der Waals surface area contributed by atoms with E-state index in [-0.39, 0.29) is 0 Å². The van der Waals surface area contributed by atoms with Crippen molar-refractivity contribution in [1.82, 2.24) is 13.8 Å². The highest BCUT2D eigenvalue weighted by atomic mass is 32.1. The molecule has 0 amide bonds. The zero-order valence-electron chi connectivity index (χ0n) is 6.77. The third kappa shape index (κ3) is 0.922. The summed E-state index contributed by atoms with van der Waals surface area (Å²) in [5.74, 6) is 0.